The molecule has 1 aliphatic rings. The van der Waals surface area contributed by atoms with E-state index >= 15 is 0 Å². The van der Waals surface area contributed by atoms with Crippen molar-refractivity contribution in [2.45, 2.75) is 18.9 Å². The van der Waals surface area contributed by atoms with Gasteiger partial charge >= 0.3 is 0 Å². The van der Waals surface area contributed by atoms with Crippen LogP contribution in [0.3, 0.4) is 0 Å². The summed E-state index contributed by atoms with van der Waals surface area (Å²) in [6.45, 7) is 3.68. The van der Waals surface area contributed by atoms with Crippen LogP contribution in [0.15, 0.2) is 60.9 Å². The molecule has 1 aliphatic heterocycles. The maximum atomic E-state index is 13.4. The molecule has 2 heterocycles. The fourth-order valence-corrected chi connectivity index (χ4v) is 4.13. The van der Waals surface area contributed by atoms with Crippen molar-refractivity contribution in [3.8, 4) is 22.8 Å². The molecule has 0 aliphatic carbocycles. The first kappa shape index (κ1) is 23.3. The molecular formula is C24H23ClFN5O3. The van der Waals surface area contributed by atoms with Gasteiger partial charge in [-0.3, -0.25) is 9.59 Å². The molecule has 2 aromatic carbocycles. The molecule has 1 unspecified atom stereocenters. The lowest BCUT2D eigenvalue weighted by Crippen LogP contribution is -2.41. The van der Waals surface area contributed by atoms with E-state index in [4.69, 9.17) is 27.8 Å². The zero-order chi connectivity index (χ0) is 24.4. The Balaban J connectivity index is 1.61. The van der Waals surface area contributed by atoms with Crippen molar-refractivity contribution >= 4 is 29.2 Å². The number of hydrogen-bond acceptors (Lipinski definition) is 5. The zero-order valence-electron chi connectivity index (χ0n) is 18.2. The predicted molar refractivity (Wildman–Crippen MR) is 127 cm³/mol. The van der Waals surface area contributed by atoms with E-state index < -0.39 is 17.6 Å². The number of primary amides is 1. The van der Waals surface area contributed by atoms with E-state index in [9.17, 15) is 14.0 Å². The van der Waals surface area contributed by atoms with Crippen LogP contribution in [-0.2, 0) is 4.79 Å². The molecule has 34 heavy (non-hydrogen) atoms. The van der Waals surface area contributed by atoms with Crippen molar-refractivity contribution in [3.63, 3.8) is 0 Å². The quantitative estimate of drug-likeness (QED) is 0.506. The van der Waals surface area contributed by atoms with E-state index in [0.717, 1.165) is 0 Å². The average molecular weight is 484 g/mol. The fraction of sp³-hybridized carbons (Fsp3) is 0.208. The summed E-state index contributed by atoms with van der Waals surface area (Å²) in [5.41, 5.74) is 12.9. The van der Waals surface area contributed by atoms with E-state index in [1.54, 1.807) is 48.5 Å². The van der Waals surface area contributed by atoms with Crippen LogP contribution in [0.4, 0.5) is 10.2 Å². The molecule has 0 saturated carbocycles. The lowest BCUT2D eigenvalue weighted by Gasteiger charge is -2.32. The number of rotatable bonds is 6. The van der Waals surface area contributed by atoms with Gasteiger partial charge in [0.15, 0.2) is 5.83 Å². The summed E-state index contributed by atoms with van der Waals surface area (Å²) in [7, 11) is 0. The molecule has 4 rings (SSSR count). The van der Waals surface area contributed by atoms with Gasteiger partial charge in [-0.2, -0.15) is 5.10 Å². The number of carbonyl (C=O) groups is 2. The molecule has 176 valence electrons. The summed E-state index contributed by atoms with van der Waals surface area (Å²) in [6, 6.07) is 13.6. The summed E-state index contributed by atoms with van der Waals surface area (Å²) in [4.78, 5) is 25.6. The number of piperidine rings is 1. The van der Waals surface area contributed by atoms with Gasteiger partial charge in [0, 0.05) is 23.7 Å². The topological polar surface area (TPSA) is 116 Å². The molecular weight excluding hydrogens is 461 g/mol. The van der Waals surface area contributed by atoms with Crippen molar-refractivity contribution in [2.75, 3.05) is 18.8 Å². The summed E-state index contributed by atoms with van der Waals surface area (Å²) in [5, 5.41) is 5.17. The van der Waals surface area contributed by atoms with Gasteiger partial charge in [0.1, 0.15) is 28.6 Å². The van der Waals surface area contributed by atoms with Crippen LogP contribution in [-0.4, -0.2) is 39.6 Å². The highest BCUT2D eigenvalue weighted by atomic mass is 35.5. The van der Waals surface area contributed by atoms with Crippen molar-refractivity contribution in [3.05, 3.63) is 71.5 Å². The molecule has 0 bridgehead atoms. The van der Waals surface area contributed by atoms with Gasteiger partial charge in [-0.25, -0.2) is 9.07 Å². The number of nitrogen functional groups attached to an aromatic ring is 1. The van der Waals surface area contributed by atoms with E-state index in [-0.39, 0.29) is 24.0 Å². The number of anilines is 1. The van der Waals surface area contributed by atoms with Gasteiger partial charge in [-0.15, -0.1) is 0 Å². The minimum absolute atomic E-state index is 0.0877. The molecule has 4 N–H and O–H groups in total. The van der Waals surface area contributed by atoms with Crippen LogP contribution < -0.4 is 16.2 Å². The first-order valence-electron chi connectivity index (χ1n) is 10.6. The molecule has 1 fully saturated rings. The molecule has 3 aromatic rings. The van der Waals surface area contributed by atoms with Gasteiger partial charge in [-0.05, 0) is 61.4 Å². The number of hydrogen-bond donors (Lipinski definition) is 2. The molecule has 10 heteroatoms. The third-order valence-corrected chi connectivity index (χ3v) is 5.88. The Morgan fingerprint density at radius 2 is 1.74 bits per heavy atom. The zero-order valence-corrected chi connectivity index (χ0v) is 19.0. The monoisotopic (exact) mass is 483 g/mol. The smallest absolute Gasteiger partial charge is 0.282 e. The highest BCUT2D eigenvalue weighted by Crippen LogP contribution is 2.33. The van der Waals surface area contributed by atoms with Crippen LogP contribution in [0.5, 0.6) is 11.5 Å². The molecule has 0 spiro atoms. The molecule has 2 amide bonds. The van der Waals surface area contributed by atoms with Gasteiger partial charge in [0.25, 0.3) is 11.8 Å². The average Bonchev–Trinajstić information content (AvgIpc) is 3.18. The Bertz CT molecular complexity index is 1240. The van der Waals surface area contributed by atoms with Crippen molar-refractivity contribution in [1.82, 2.24) is 14.7 Å². The molecule has 1 atom stereocenters. The SMILES string of the molecule is C=C(F)C(=O)N1CCCC(n2nc(-c3ccc(Oc4ccc(Cl)cc4)cc3)c(C(N)=O)c2N)C1. The van der Waals surface area contributed by atoms with Crippen molar-refractivity contribution in [2.24, 2.45) is 5.73 Å². The Labute approximate surface area is 200 Å². The highest BCUT2D eigenvalue weighted by molar-refractivity contribution is 6.30. The Kier molecular flexibility index (Phi) is 6.56. The maximum absolute atomic E-state index is 13.4. The number of likely N-dealkylation sites (tertiary alicyclic amines) is 1. The number of halogens is 2. The summed E-state index contributed by atoms with van der Waals surface area (Å²) in [5.74, 6) is -1.21. The van der Waals surface area contributed by atoms with Crippen LogP contribution in [0.2, 0.25) is 5.02 Å². The molecule has 0 radical (unpaired) electrons. The van der Waals surface area contributed by atoms with Crippen LogP contribution in [0, 0.1) is 0 Å². The standard InChI is InChI=1S/C24H23ClFN5O3/c1-14(26)24(33)30-12-2-3-17(13-30)31-22(27)20(23(28)32)21(29-31)15-4-8-18(9-5-15)34-19-10-6-16(25)7-11-19/h4-11,17H,1-3,12-13,27H2,(H2,28,32). The second kappa shape index (κ2) is 9.56. The number of nitrogens with zero attached hydrogens (tertiary/aromatic N) is 3. The Morgan fingerprint density at radius 1 is 1.12 bits per heavy atom. The lowest BCUT2D eigenvalue weighted by atomic mass is 10.1. The second-order valence-electron chi connectivity index (χ2n) is 7.95. The predicted octanol–water partition coefficient (Wildman–Crippen LogP) is 4.32. The van der Waals surface area contributed by atoms with Gasteiger partial charge < -0.3 is 21.1 Å². The van der Waals surface area contributed by atoms with Gasteiger partial charge in [0.2, 0.25) is 0 Å². The van der Waals surface area contributed by atoms with Crippen molar-refractivity contribution < 1.29 is 18.7 Å². The fourth-order valence-electron chi connectivity index (χ4n) is 4.00. The highest BCUT2D eigenvalue weighted by Gasteiger charge is 2.30. The lowest BCUT2D eigenvalue weighted by molar-refractivity contribution is -0.130. The number of amides is 2. The number of aromatic nitrogens is 2. The third-order valence-electron chi connectivity index (χ3n) is 5.63. The molecule has 1 saturated heterocycles. The van der Waals surface area contributed by atoms with E-state index in [1.165, 1.54) is 9.58 Å². The number of nitrogens with two attached hydrogens (primary N) is 2. The van der Waals surface area contributed by atoms with Crippen molar-refractivity contribution in [1.29, 1.82) is 0 Å². The Morgan fingerprint density at radius 3 is 2.32 bits per heavy atom. The summed E-state index contributed by atoms with van der Waals surface area (Å²) >= 11 is 5.90. The van der Waals surface area contributed by atoms with Gasteiger partial charge in [0.05, 0.1) is 6.04 Å². The summed E-state index contributed by atoms with van der Waals surface area (Å²) in [6.07, 6.45) is 1.28. The number of carbonyl (C=O) groups excluding carboxylic acids is 2. The maximum Gasteiger partial charge on any atom is 0.282 e. The van der Waals surface area contributed by atoms with Crippen LogP contribution >= 0.6 is 11.6 Å². The first-order chi connectivity index (χ1) is 16.2. The van der Waals surface area contributed by atoms with E-state index in [1.807, 2.05) is 0 Å². The van der Waals surface area contributed by atoms with E-state index in [0.29, 0.717) is 47.2 Å². The molecule has 1 aromatic heterocycles. The minimum Gasteiger partial charge on any atom is -0.457 e. The van der Waals surface area contributed by atoms with Crippen LogP contribution in [0.1, 0.15) is 29.2 Å². The normalized spacial score (nSPS) is 15.7. The van der Waals surface area contributed by atoms with Gasteiger partial charge in [-0.1, -0.05) is 18.2 Å². The van der Waals surface area contributed by atoms with E-state index in [2.05, 4.69) is 11.7 Å². The largest absolute Gasteiger partial charge is 0.457 e. The minimum atomic E-state index is -1.02. The summed E-state index contributed by atoms with van der Waals surface area (Å²) < 4.78 is 20.7. The Hall–Kier alpha value is -3.85. The number of benzene rings is 2. The molecule has 8 nitrogen and oxygen atoms in total. The third kappa shape index (κ3) is 4.74. The van der Waals surface area contributed by atoms with Crippen LogP contribution in [0.25, 0.3) is 11.3 Å². The number of ether oxygens (including phenoxy) is 1. The second-order valence-corrected chi connectivity index (χ2v) is 8.39. The first-order valence-corrected chi connectivity index (χ1v) is 11.0.